The molecule has 0 aliphatic heterocycles. The molecule has 0 spiro atoms. The zero-order chi connectivity index (χ0) is 35.8. The summed E-state index contributed by atoms with van der Waals surface area (Å²) in [5.74, 6) is 1.86. The van der Waals surface area contributed by atoms with E-state index < -0.39 is 0 Å². The predicted octanol–water partition coefficient (Wildman–Crippen LogP) is 11.1. The highest BCUT2D eigenvalue weighted by Gasteiger charge is 2.28. The van der Waals surface area contributed by atoms with E-state index in [1.807, 2.05) is 19.2 Å². The van der Waals surface area contributed by atoms with E-state index in [4.69, 9.17) is 28.4 Å². The Hall–Kier alpha value is -1.80. The number of ether oxygens (including phenoxy) is 6. The maximum atomic E-state index is 6.16. The van der Waals surface area contributed by atoms with Crippen molar-refractivity contribution in [2.24, 2.45) is 17.8 Å². The molecule has 6 rings (SSSR count). The van der Waals surface area contributed by atoms with Crippen molar-refractivity contribution in [2.75, 3.05) is 34.5 Å². The lowest BCUT2D eigenvalue weighted by atomic mass is 9.88. The molecule has 51 heavy (non-hydrogen) atoms. The Balaban J connectivity index is 0.000000172. The summed E-state index contributed by atoms with van der Waals surface area (Å²) >= 11 is 0. The monoisotopic (exact) mass is 709 g/mol. The van der Waals surface area contributed by atoms with Gasteiger partial charge >= 0.3 is 0 Å². The first-order valence-corrected chi connectivity index (χ1v) is 20.7. The topological polar surface area (TPSA) is 55.4 Å². The molecule has 2 aromatic carbocycles. The molecule has 288 valence electrons. The first kappa shape index (κ1) is 41.9. The lowest BCUT2D eigenvalue weighted by Gasteiger charge is -2.33. The molecule has 0 N–H and O–H groups in total. The molecule has 4 aliphatic carbocycles. The van der Waals surface area contributed by atoms with Crippen molar-refractivity contribution >= 4 is 0 Å². The fraction of sp³-hybridized carbons (Fsp3) is 0.733. The molecule has 2 aromatic rings. The fourth-order valence-corrected chi connectivity index (χ4v) is 8.46. The fourth-order valence-electron chi connectivity index (χ4n) is 8.46. The number of hydrogen-bond acceptors (Lipinski definition) is 6. The summed E-state index contributed by atoms with van der Waals surface area (Å²) in [6.45, 7) is 1.50. The molecule has 3 atom stereocenters. The van der Waals surface area contributed by atoms with Crippen LogP contribution in [0.2, 0.25) is 0 Å². The standard InChI is InChI=1S/C16H24O2.C15H22O2.C14H26O2/c1-17-16(15-10-6-3-7-11-15)18-13-12-14-8-4-2-5-9-14;1-16-15(14-9-5-6-10-14)17-12-11-13-7-3-2-4-8-13;1-15-14(12-8-4-2-5-9-12)16-13-10-6-3-7-11-13/h2,4-5,8-9,15-16H,3,6-7,10-13H2,1H3;2-4,7-8,14-15H,5-6,9-12H2,1H3;12-14H,2-11H2,1H3. The number of methoxy groups -OCH3 is 3. The molecule has 3 unspecified atom stereocenters. The molecule has 0 bridgehead atoms. The van der Waals surface area contributed by atoms with E-state index in [0.29, 0.717) is 23.9 Å². The SMILES string of the molecule is COC(OC1CCCCC1)C1CCCCC1.COC(OCCc1ccccc1)C1CCCC1.COC(OCCc1ccccc1)C1CCCCC1. The van der Waals surface area contributed by atoms with Gasteiger partial charge in [-0.1, -0.05) is 131 Å². The van der Waals surface area contributed by atoms with Gasteiger partial charge in [0.2, 0.25) is 0 Å². The molecular weight excluding hydrogens is 636 g/mol. The van der Waals surface area contributed by atoms with Crippen LogP contribution >= 0.6 is 0 Å². The van der Waals surface area contributed by atoms with Gasteiger partial charge in [0.25, 0.3) is 0 Å². The molecule has 6 heteroatoms. The molecule has 4 fully saturated rings. The van der Waals surface area contributed by atoms with Crippen LogP contribution in [0.5, 0.6) is 0 Å². The molecule has 0 saturated heterocycles. The van der Waals surface area contributed by atoms with Crippen LogP contribution in [0.15, 0.2) is 60.7 Å². The summed E-state index contributed by atoms with van der Waals surface area (Å²) in [5, 5.41) is 0. The minimum atomic E-state index is -0.00554. The van der Waals surface area contributed by atoms with E-state index in [1.165, 1.54) is 133 Å². The summed E-state index contributed by atoms with van der Waals surface area (Å²) in [7, 11) is 5.33. The Morgan fingerprint density at radius 2 is 0.765 bits per heavy atom. The average molecular weight is 709 g/mol. The summed E-state index contributed by atoms with van der Waals surface area (Å²) in [6, 6.07) is 20.9. The van der Waals surface area contributed by atoms with Crippen molar-refractivity contribution in [1.29, 1.82) is 0 Å². The molecule has 6 nitrogen and oxygen atoms in total. The van der Waals surface area contributed by atoms with Crippen molar-refractivity contribution in [2.45, 2.75) is 160 Å². The quantitative estimate of drug-likeness (QED) is 0.162. The van der Waals surface area contributed by atoms with Gasteiger partial charge in [0.05, 0.1) is 19.3 Å². The Morgan fingerprint density at radius 1 is 0.431 bits per heavy atom. The lowest BCUT2D eigenvalue weighted by Crippen LogP contribution is -2.33. The van der Waals surface area contributed by atoms with Crippen molar-refractivity contribution in [3.8, 4) is 0 Å². The van der Waals surface area contributed by atoms with E-state index in [0.717, 1.165) is 26.1 Å². The van der Waals surface area contributed by atoms with E-state index in [2.05, 4.69) is 48.5 Å². The van der Waals surface area contributed by atoms with Gasteiger partial charge in [0, 0.05) is 39.1 Å². The Labute approximate surface area is 311 Å². The maximum Gasteiger partial charge on any atom is 0.160 e. The normalized spacial score (nSPS) is 21.2. The summed E-state index contributed by atoms with van der Waals surface area (Å²) in [5.41, 5.74) is 2.66. The second kappa shape index (κ2) is 26.1. The summed E-state index contributed by atoms with van der Waals surface area (Å²) < 4.78 is 34.5. The smallest absolute Gasteiger partial charge is 0.160 e. The maximum absolute atomic E-state index is 6.16. The van der Waals surface area contributed by atoms with Gasteiger partial charge in [-0.3, -0.25) is 0 Å². The van der Waals surface area contributed by atoms with Gasteiger partial charge in [0.1, 0.15) is 0 Å². The van der Waals surface area contributed by atoms with Gasteiger partial charge in [0.15, 0.2) is 18.9 Å². The molecular formula is C45H72O6. The third kappa shape index (κ3) is 16.4. The van der Waals surface area contributed by atoms with Crippen molar-refractivity contribution in [3.63, 3.8) is 0 Å². The zero-order valence-corrected chi connectivity index (χ0v) is 32.5. The van der Waals surface area contributed by atoms with Gasteiger partial charge in [-0.05, 0) is 75.3 Å². The number of benzene rings is 2. The number of rotatable bonds is 16. The third-order valence-corrected chi connectivity index (χ3v) is 11.5. The lowest BCUT2D eigenvalue weighted by molar-refractivity contribution is -0.193. The molecule has 0 aromatic heterocycles. The van der Waals surface area contributed by atoms with Gasteiger partial charge in [-0.2, -0.15) is 0 Å². The summed E-state index contributed by atoms with van der Waals surface area (Å²) in [6.07, 6.45) is 27.4. The Morgan fingerprint density at radius 3 is 1.14 bits per heavy atom. The third-order valence-electron chi connectivity index (χ3n) is 11.5. The summed E-state index contributed by atoms with van der Waals surface area (Å²) in [4.78, 5) is 0. The molecule has 4 aliphatic rings. The molecule has 0 heterocycles. The zero-order valence-electron chi connectivity index (χ0n) is 32.5. The predicted molar refractivity (Wildman–Crippen MR) is 208 cm³/mol. The average Bonchev–Trinajstić information content (AvgIpc) is 3.75. The van der Waals surface area contributed by atoms with Gasteiger partial charge < -0.3 is 28.4 Å². The Kier molecular flexibility index (Phi) is 21.4. The highest BCUT2D eigenvalue weighted by Crippen LogP contribution is 2.32. The highest BCUT2D eigenvalue weighted by molar-refractivity contribution is 5.15. The van der Waals surface area contributed by atoms with Crippen LogP contribution in [0.3, 0.4) is 0 Å². The van der Waals surface area contributed by atoms with E-state index in [1.54, 1.807) is 14.2 Å². The van der Waals surface area contributed by atoms with E-state index in [9.17, 15) is 0 Å². The largest absolute Gasteiger partial charge is 0.356 e. The van der Waals surface area contributed by atoms with Gasteiger partial charge in [-0.15, -0.1) is 0 Å². The van der Waals surface area contributed by atoms with Crippen LogP contribution in [0, 0.1) is 17.8 Å². The van der Waals surface area contributed by atoms with Crippen LogP contribution in [0.4, 0.5) is 0 Å². The second-order valence-electron chi connectivity index (χ2n) is 15.3. The molecule has 0 radical (unpaired) electrons. The Bertz CT molecular complexity index is 1070. The van der Waals surface area contributed by atoms with Crippen LogP contribution in [0.1, 0.15) is 133 Å². The molecule has 0 amide bonds. The van der Waals surface area contributed by atoms with Gasteiger partial charge in [-0.25, -0.2) is 0 Å². The van der Waals surface area contributed by atoms with Crippen molar-refractivity contribution < 1.29 is 28.4 Å². The first-order valence-electron chi connectivity index (χ1n) is 20.7. The van der Waals surface area contributed by atoms with Crippen LogP contribution < -0.4 is 0 Å². The van der Waals surface area contributed by atoms with Crippen LogP contribution in [-0.2, 0) is 41.3 Å². The minimum absolute atomic E-state index is 0.00112. The van der Waals surface area contributed by atoms with Crippen molar-refractivity contribution in [3.05, 3.63) is 71.8 Å². The second-order valence-corrected chi connectivity index (χ2v) is 15.3. The van der Waals surface area contributed by atoms with Crippen LogP contribution in [-0.4, -0.2) is 59.5 Å². The molecule has 4 saturated carbocycles. The number of hydrogen-bond donors (Lipinski definition) is 0. The van der Waals surface area contributed by atoms with E-state index >= 15 is 0 Å². The minimum Gasteiger partial charge on any atom is -0.356 e. The first-order chi connectivity index (χ1) is 25.2. The van der Waals surface area contributed by atoms with Crippen molar-refractivity contribution in [1.82, 2.24) is 0 Å². The van der Waals surface area contributed by atoms with Crippen LogP contribution in [0.25, 0.3) is 0 Å². The highest BCUT2D eigenvalue weighted by atomic mass is 16.7. The van der Waals surface area contributed by atoms with E-state index in [-0.39, 0.29) is 18.9 Å².